The standard InChI is InChI=1S/C13H20N2O2/c1-8-6-11(4-5-14-8)15-13(16)12-7-9(2)17-10(12)3/h7-8,11,14H,4-6H2,1-3H3,(H,15,16). The van der Waals surface area contributed by atoms with Crippen LogP contribution in [-0.4, -0.2) is 24.5 Å². The first kappa shape index (κ1) is 12.2. The van der Waals surface area contributed by atoms with E-state index in [1.807, 2.05) is 13.8 Å². The third-order valence-corrected chi connectivity index (χ3v) is 3.24. The maximum absolute atomic E-state index is 12.1. The summed E-state index contributed by atoms with van der Waals surface area (Å²) in [4.78, 5) is 12.1. The van der Waals surface area contributed by atoms with Crippen LogP contribution in [0.1, 0.15) is 41.6 Å². The summed E-state index contributed by atoms with van der Waals surface area (Å²) >= 11 is 0. The minimum absolute atomic E-state index is 0.0153. The van der Waals surface area contributed by atoms with Gasteiger partial charge in [-0.2, -0.15) is 0 Å². The average Bonchev–Trinajstić information content (AvgIpc) is 2.58. The zero-order valence-corrected chi connectivity index (χ0v) is 10.7. The predicted molar refractivity (Wildman–Crippen MR) is 66.1 cm³/mol. The summed E-state index contributed by atoms with van der Waals surface area (Å²) in [5.74, 6) is 1.46. The van der Waals surface area contributed by atoms with Gasteiger partial charge in [0.1, 0.15) is 11.5 Å². The number of furan rings is 1. The number of hydrogen-bond acceptors (Lipinski definition) is 3. The molecule has 1 saturated heterocycles. The van der Waals surface area contributed by atoms with E-state index in [1.165, 1.54) is 0 Å². The molecule has 17 heavy (non-hydrogen) atoms. The lowest BCUT2D eigenvalue weighted by Gasteiger charge is -2.28. The smallest absolute Gasteiger partial charge is 0.255 e. The molecular weight excluding hydrogens is 216 g/mol. The predicted octanol–water partition coefficient (Wildman–Crippen LogP) is 1.77. The molecule has 1 aliphatic heterocycles. The number of aryl methyl sites for hydroxylation is 2. The second-order valence-corrected chi connectivity index (χ2v) is 4.88. The molecule has 0 spiro atoms. The fourth-order valence-electron chi connectivity index (χ4n) is 2.38. The third kappa shape index (κ3) is 2.88. The van der Waals surface area contributed by atoms with E-state index in [-0.39, 0.29) is 11.9 Å². The van der Waals surface area contributed by atoms with Crippen molar-refractivity contribution in [3.63, 3.8) is 0 Å². The Morgan fingerprint density at radius 3 is 2.88 bits per heavy atom. The van der Waals surface area contributed by atoms with Crippen LogP contribution in [-0.2, 0) is 0 Å². The fourth-order valence-corrected chi connectivity index (χ4v) is 2.38. The molecule has 4 nitrogen and oxygen atoms in total. The molecule has 1 aromatic rings. The van der Waals surface area contributed by atoms with E-state index in [0.717, 1.165) is 25.1 Å². The van der Waals surface area contributed by atoms with Gasteiger partial charge in [-0.05, 0) is 46.2 Å². The third-order valence-electron chi connectivity index (χ3n) is 3.24. The van der Waals surface area contributed by atoms with Crippen molar-refractivity contribution in [2.75, 3.05) is 6.54 Å². The monoisotopic (exact) mass is 236 g/mol. The zero-order chi connectivity index (χ0) is 12.4. The Hall–Kier alpha value is -1.29. The minimum Gasteiger partial charge on any atom is -0.466 e. The van der Waals surface area contributed by atoms with E-state index < -0.39 is 0 Å². The van der Waals surface area contributed by atoms with Crippen molar-refractivity contribution in [2.24, 2.45) is 0 Å². The van der Waals surface area contributed by atoms with Crippen molar-refractivity contribution >= 4 is 5.91 Å². The van der Waals surface area contributed by atoms with Crippen LogP contribution in [0, 0.1) is 13.8 Å². The Morgan fingerprint density at radius 2 is 2.29 bits per heavy atom. The minimum atomic E-state index is -0.0153. The normalized spacial score (nSPS) is 24.6. The summed E-state index contributed by atoms with van der Waals surface area (Å²) in [5, 5.41) is 6.45. The molecule has 2 rings (SSSR count). The Labute approximate surface area is 102 Å². The molecule has 0 bridgehead atoms. The van der Waals surface area contributed by atoms with Gasteiger partial charge in [0.2, 0.25) is 0 Å². The lowest BCUT2D eigenvalue weighted by molar-refractivity contribution is 0.0924. The average molecular weight is 236 g/mol. The first-order valence-electron chi connectivity index (χ1n) is 6.17. The Morgan fingerprint density at radius 1 is 1.53 bits per heavy atom. The van der Waals surface area contributed by atoms with Gasteiger partial charge < -0.3 is 15.1 Å². The van der Waals surface area contributed by atoms with Gasteiger partial charge in [0.05, 0.1) is 5.56 Å². The number of hydrogen-bond donors (Lipinski definition) is 2. The molecule has 1 aliphatic rings. The van der Waals surface area contributed by atoms with Crippen molar-refractivity contribution in [2.45, 2.75) is 45.7 Å². The highest BCUT2D eigenvalue weighted by molar-refractivity contribution is 5.95. The fraction of sp³-hybridized carbons (Fsp3) is 0.615. The summed E-state index contributed by atoms with van der Waals surface area (Å²) in [6.07, 6.45) is 1.98. The number of amides is 1. The van der Waals surface area contributed by atoms with E-state index in [0.29, 0.717) is 17.4 Å². The van der Waals surface area contributed by atoms with Crippen molar-refractivity contribution in [3.8, 4) is 0 Å². The number of carbonyl (C=O) groups excluding carboxylic acids is 1. The van der Waals surface area contributed by atoms with Crippen molar-refractivity contribution < 1.29 is 9.21 Å². The summed E-state index contributed by atoms with van der Waals surface area (Å²) < 4.78 is 5.37. The van der Waals surface area contributed by atoms with E-state index in [2.05, 4.69) is 17.6 Å². The van der Waals surface area contributed by atoms with Crippen LogP contribution < -0.4 is 10.6 Å². The highest BCUT2D eigenvalue weighted by atomic mass is 16.3. The molecule has 94 valence electrons. The second kappa shape index (κ2) is 4.92. The van der Waals surface area contributed by atoms with Gasteiger partial charge >= 0.3 is 0 Å². The molecule has 0 saturated carbocycles. The summed E-state index contributed by atoms with van der Waals surface area (Å²) in [6.45, 7) is 6.80. The van der Waals surface area contributed by atoms with Crippen LogP contribution in [0.2, 0.25) is 0 Å². The maximum atomic E-state index is 12.1. The zero-order valence-electron chi connectivity index (χ0n) is 10.7. The van der Waals surface area contributed by atoms with E-state index in [9.17, 15) is 4.79 Å². The summed E-state index contributed by atoms with van der Waals surface area (Å²) in [5.41, 5.74) is 0.661. The van der Waals surface area contributed by atoms with Crippen LogP contribution >= 0.6 is 0 Å². The lowest BCUT2D eigenvalue weighted by atomic mass is 10.0. The number of carbonyl (C=O) groups is 1. The molecule has 1 fully saturated rings. The SMILES string of the molecule is Cc1cc(C(=O)NC2CCNC(C)C2)c(C)o1. The number of nitrogens with one attached hydrogen (secondary N) is 2. The molecule has 2 atom stereocenters. The summed E-state index contributed by atoms with van der Waals surface area (Å²) in [6, 6.07) is 2.55. The second-order valence-electron chi connectivity index (χ2n) is 4.88. The molecule has 2 unspecified atom stereocenters. The highest BCUT2D eigenvalue weighted by Gasteiger charge is 2.22. The van der Waals surface area contributed by atoms with Gasteiger partial charge in [-0.25, -0.2) is 0 Å². The Balaban J connectivity index is 1.99. The van der Waals surface area contributed by atoms with Crippen molar-refractivity contribution in [1.29, 1.82) is 0 Å². The van der Waals surface area contributed by atoms with Gasteiger partial charge in [0.25, 0.3) is 5.91 Å². The summed E-state index contributed by atoms with van der Waals surface area (Å²) in [7, 11) is 0. The van der Waals surface area contributed by atoms with Crippen LogP contribution in [0.5, 0.6) is 0 Å². The van der Waals surface area contributed by atoms with Gasteiger partial charge in [-0.3, -0.25) is 4.79 Å². The molecule has 2 heterocycles. The molecule has 1 aromatic heterocycles. The molecule has 4 heteroatoms. The Kier molecular flexibility index (Phi) is 3.52. The van der Waals surface area contributed by atoms with Crippen LogP contribution in [0.15, 0.2) is 10.5 Å². The molecule has 2 N–H and O–H groups in total. The van der Waals surface area contributed by atoms with Crippen molar-refractivity contribution in [3.05, 3.63) is 23.2 Å². The molecule has 0 radical (unpaired) electrons. The topological polar surface area (TPSA) is 54.3 Å². The van der Waals surface area contributed by atoms with Gasteiger partial charge in [-0.1, -0.05) is 0 Å². The number of piperidine rings is 1. The van der Waals surface area contributed by atoms with Gasteiger partial charge in [0.15, 0.2) is 0 Å². The molecule has 0 aromatic carbocycles. The van der Waals surface area contributed by atoms with Gasteiger partial charge in [0, 0.05) is 12.1 Å². The van der Waals surface area contributed by atoms with E-state index >= 15 is 0 Å². The molecule has 0 aliphatic carbocycles. The first-order chi connectivity index (χ1) is 8.06. The quantitative estimate of drug-likeness (QED) is 0.822. The van der Waals surface area contributed by atoms with Gasteiger partial charge in [-0.15, -0.1) is 0 Å². The van der Waals surface area contributed by atoms with E-state index in [4.69, 9.17) is 4.42 Å². The number of rotatable bonds is 2. The first-order valence-corrected chi connectivity index (χ1v) is 6.17. The maximum Gasteiger partial charge on any atom is 0.255 e. The van der Waals surface area contributed by atoms with Crippen LogP contribution in [0.4, 0.5) is 0 Å². The molecular formula is C13H20N2O2. The highest BCUT2D eigenvalue weighted by Crippen LogP contribution is 2.15. The van der Waals surface area contributed by atoms with Crippen LogP contribution in [0.3, 0.4) is 0 Å². The van der Waals surface area contributed by atoms with Crippen molar-refractivity contribution in [1.82, 2.24) is 10.6 Å². The molecule has 1 amide bonds. The largest absolute Gasteiger partial charge is 0.466 e. The van der Waals surface area contributed by atoms with E-state index in [1.54, 1.807) is 6.07 Å². The van der Waals surface area contributed by atoms with Crippen LogP contribution in [0.25, 0.3) is 0 Å². The lowest BCUT2D eigenvalue weighted by Crippen LogP contribution is -2.46. The Bertz CT molecular complexity index is 412.